The molecule has 1 atom stereocenters. The van der Waals surface area contributed by atoms with E-state index in [2.05, 4.69) is 25.3 Å². The van der Waals surface area contributed by atoms with Gasteiger partial charge in [-0.2, -0.15) is 4.98 Å². The van der Waals surface area contributed by atoms with Crippen molar-refractivity contribution in [2.45, 2.75) is 26.3 Å². The highest BCUT2D eigenvalue weighted by Gasteiger charge is 2.35. The molecule has 0 aromatic carbocycles. The number of halogens is 1. The molecular weight excluding hydrogens is 459 g/mol. The average molecular weight is 481 g/mol. The van der Waals surface area contributed by atoms with Gasteiger partial charge >= 0.3 is 0 Å². The molecule has 1 aliphatic heterocycles. The van der Waals surface area contributed by atoms with Gasteiger partial charge in [0, 0.05) is 31.6 Å². The first-order chi connectivity index (χ1) is 16.4. The molecule has 1 N–H and O–H groups in total. The fourth-order valence-corrected chi connectivity index (χ4v) is 4.74. The molecule has 0 aliphatic carbocycles. The standard InChI is InChI=1S/C23H21FN6O3S/c1-12(16-6-17(24)8-25-7-16)26-23-28-19(20-21(29-23)27-13(2)34-20)22(32)30-9-14(10-30)5-18(31)15-3-4-33-11-15/h3-4,6-8,11-12,14H,5,9-10H2,1-2H3,(H,26,28,29)/t12-/m0/s1. The summed E-state index contributed by atoms with van der Waals surface area (Å²) in [5.74, 6) is -0.353. The largest absolute Gasteiger partial charge is 0.472 e. The third kappa shape index (κ3) is 4.38. The van der Waals surface area contributed by atoms with Crippen LogP contribution in [0.1, 0.15) is 50.8 Å². The predicted octanol–water partition coefficient (Wildman–Crippen LogP) is 4.04. The van der Waals surface area contributed by atoms with E-state index in [-0.39, 0.29) is 35.3 Å². The van der Waals surface area contributed by atoms with Gasteiger partial charge in [-0.3, -0.25) is 14.6 Å². The molecule has 1 saturated heterocycles. The fraction of sp³-hybridized carbons (Fsp3) is 0.304. The van der Waals surface area contributed by atoms with Crippen LogP contribution in [-0.4, -0.2) is 49.6 Å². The van der Waals surface area contributed by atoms with Crippen molar-refractivity contribution in [1.29, 1.82) is 0 Å². The summed E-state index contributed by atoms with van der Waals surface area (Å²) in [6, 6.07) is 2.68. The highest BCUT2D eigenvalue weighted by molar-refractivity contribution is 7.18. The summed E-state index contributed by atoms with van der Waals surface area (Å²) in [7, 11) is 0. The number of carbonyl (C=O) groups is 2. The Balaban J connectivity index is 1.33. The Bertz CT molecular complexity index is 1370. The van der Waals surface area contributed by atoms with E-state index in [0.29, 0.717) is 41.0 Å². The molecular formula is C23H21FN6O3S. The minimum absolute atomic E-state index is 0.000620. The number of ketones is 1. The summed E-state index contributed by atoms with van der Waals surface area (Å²) in [6.07, 6.45) is 5.95. The topological polar surface area (TPSA) is 114 Å². The highest BCUT2D eigenvalue weighted by Crippen LogP contribution is 2.29. The van der Waals surface area contributed by atoms with Crippen LogP contribution >= 0.6 is 11.3 Å². The summed E-state index contributed by atoms with van der Waals surface area (Å²) in [6.45, 7) is 4.62. The van der Waals surface area contributed by atoms with Crippen LogP contribution in [0.15, 0.2) is 41.5 Å². The number of nitrogens with zero attached hydrogens (tertiary/aromatic N) is 5. The first-order valence-electron chi connectivity index (χ1n) is 10.7. The molecule has 0 spiro atoms. The number of hydrogen-bond acceptors (Lipinski definition) is 9. The number of anilines is 1. The van der Waals surface area contributed by atoms with Crippen molar-refractivity contribution in [2.24, 2.45) is 5.92 Å². The van der Waals surface area contributed by atoms with Crippen molar-refractivity contribution in [1.82, 2.24) is 24.8 Å². The van der Waals surface area contributed by atoms with Gasteiger partial charge in [0.2, 0.25) is 5.95 Å². The van der Waals surface area contributed by atoms with E-state index in [1.807, 2.05) is 13.8 Å². The Hall–Kier alpha value is -3.73. The van der Waals surface area contributed by atoms with Crippen LogP contribution in [-0.2, 0) is 0 Å². The van der Waals surface area contributed by atoms with Crippen molar-refractivity contribution in [3.8, 4) is 0 Å². The monoisotopic (exact) mass is 480 g/mol. The van der Waals surface area contributed by atoms with E-state index in [0.717, 1.165) is 11.2 Å². The predicted molar refractivity (Wildman–Crippen MR) is 123 cm³/mol. The first-order valence-corrected chi connectivity index (χ1v) is 11.6. The zero-order valence-corrected chi connectivity index (χ0v) is 19.3. The maximum atomic E-state index is 13.6. The van der Waals surface area contributed by atoms with E-state index in [4.69, 9.17) is 4.42 Å². The number of aryl methyl sites for hydroxylation is 1. The molecule has 1 amide bonds. The second-order valence-electron chi connectivity index (χ2n) is 8.30. The lowest BCUT2D eigenvalue weighted by atomic mass is 9.92. The van der Waals surface area contributed by atoms with E-state index < -0.39 is 5.82 Å². The van der Waals surface area contributed by atoms with Gasteiger partial charge in [-0.1, -0.05) is 0 Å². The lowest BCUT2D eigenvalue weighted by Crippen LogP contribution is -2.50. The smallest absolute Gasteiger partial charge is 0.274 e. The van der Waals surface area contributed by atoms with Crippen molar-refractivity contribution in [3.63, 3.8) is 0 Å². The summed E-state index contributed by atoms with van der Waals surface area (Å²) in [5, 5.41) is 3.89. The average Bonchev–Trinajstić information content (AvgIpc) is 3.44. The molecule has 5 rings (SSSR count). The Morgan fingerprint density at radius 2 is 2.12 bits per heavy atom. The number of pyridine rings is 1. The molecule has 0 bridgehead atoms. The summed E-state index contributed by atoms with van der Waals surface area (Å²) in [4.78, 5) is 44.5. The van der Waals surface area contributed by atoms with Crippen molar-refractivity contribution in [2.75, 3.05) is 18.4 Å². The normalized spacial score (nSPS) is 14.7. The van der Waals surface area contributed by atoms with Gasteiger partial charge < -0.3 is 14.6 Å². The van der Waals surface area contributed by atoms with Crippen LogP contribution in [0.5, 0.6) is 0 Å². The molecule has 0 radical (unpaired) electrons. The second-order valence-corrected chi connectivity index (χ2v) is 9.50. The van der Waals surface area contributed by atoms with Gasteiger partial charge in [-0.25, -0.2) is 14.4 Å². The number of hydrogen-bond donors (Lipinski definition) is 1. The minimum Gasteiger partial charge on any atom is -0.472 e. The third-order valence-electron chi connectivity index (χ3n) is 5.70. The number of amides is 1. The Labute approximate surface area is 198 Å². The molecule has 4 aromatic heterocycles. The van der Waals surface area contributed by atoms with Crippen molar-refractivity contribution < 1.29 is 18.4 Å². The molecule has 1 fully saturated rings. The lowest BCUT2D eigenvalue weighted by Gasteiger charge is -2.38. The molecule has 0 unspecified atom stereocenters. The maximum absolute atomic E-state index is 13.6. The van der Waals surface area contributed by atoms with Crippen LogP contribution < -0.4 is 5.32 Å². The number of thiazole rings is 1. The number of carbonyl (C=O) groups excluding carboxylic acids is 2. The van der Waals surface area contributed by atoms with Gasteiger partial charge in [0.05, 0.1) is 29.1 Å². The summed E-state index contributed by atoms with van der Waals surface area (Å²) in [5.41, 5.74) is 1.86. The molecule has 4 aromatic rings. The van der Waals surface area contributed by atoms with Crippen LogP contribution in [0.2, 0.25) is 0 Å². The van der Waals surface area contributed by atoms with Gasteiger partial charge in [-0.15, -0.1) is 11.3 Å². The summed E-state index contributed by atoms with van der Waals surface area (Å²) < 4.78 is 19.2. The van der Waals surface area contributed by atoms with Crippen LogP contribution in [0.25, 0.3) is 10.3 Å². The Morgan fingerprint density at radius 1 is 1.29 bits per heavy atom. The number of fused-ring (bicyclic) bond motifs is 1. The SMILES string of the molecule is Cc1nc2nc(N[C@@H](C)c3cncc(F)c3)nc(C(=O)N3CC(CC(=O)c4ccoc4)C3)c2s1. The zero-order valence-electron chi connectivity index (χ0n) is 18.5. The Kier molecular flexibility index (Phi) is 5.78. The van der Waals surface area contributed by atoms with Crippen LogP contribution in [0, 0.1) is 18.7 Å². The van der Waals surface area contributed by atoms with E-state index >= 15 is 0 Å². The van der Waals surface area contributed by atoms with E-state index in [1.165, 1.54) is 29.9 Å². The zero-order chi connectivity index (χ0) is 23.8. The van der Waals surface area contributed by atoms with E-state index in [9.17, 15) is 14.0 Å². The van der Waals surface area contributed by atoms with Gasteiger partial charge in [0.15, 0.2) is 17.1 Å². The second kappa shape index (κ2) is 8.90. The molecule has 11 heteroatoms. The Morgan fingerprint density at radius 3 is 2.85 bits per heavy atom. The lowest BCUT2D eigenvalue weighted by molar-refractivity contribution is 0.0466. The number of rotatable bonds is 7. The van der Waals surface area contributed by atoms with Crippen molar-refractivity contribution in [3.05, 3.63) is 64.7 Å². The number of furan rings is 1. The van der Waals surface area contributed by atoms with Gasteiger partial charge in [-0.05, 0) is 31.5 Å². The molecule has 34 heavy (non-hydrogen) atoms. The number of Topliss-reactive ketones (excluding diaryl/α,β-unsaturated/α-hetero) is 1. The minimum atomic E-state index is -0.438. The molecule has 1 aliphatic rings. The first kappa shape index (κ1) is 22.1. The molecule has 9 nitrogen and oxygen atoms in total. The molecule has 5 heterocycles. The van der Waals surface area contributed by atoms with Crippen LogP contribution in [0.3, 0.4) is 0 Å². The molecule has 0 saturated carbocycles. The van der Waals surface area contributed by atoms with Crippen LogP contribution in [0.4, 0.5) is 10.3 Å². The van der Waals surface area contributed by atoms with E-state index in [1.54, 1.807) is 17.2 Å². The summed E-state index contributed by atoms with van der Waals surface area (Å²) >= 11 is 1.36. The molecule has 174 valence electrons. The van der Waals surface area contributed by atoms with Gasteiger partial charge in [0.25, 0.3) is 5.91 Å². The maximum Gasteiger partial charge on any atom is 0.274 e. The third-order valence-corrected chi connectivity index (χ3v) is 6.66. The number of aromatic nitrogens is 4. The van der Waals surface area contributed by atoms with Crippen molar-refractivity contribution >= 4 is 39.3 Å². The highest BCUT2D eigenvalue weighted by atomic mass is 32.1. The number of likely N-dealkylation sites (tertiary alicyclic amines) is 1. The quantitative estimate of drug-likeness (QED) is 0.394. The fourth-order valence-electron chi connectivity index (χ4n) is 3.90. The van der Waals surface area contributed by atoms with Gasteiger partial charge in [0.1, 0.15) is 16.8 Å². The number of nitrogens with one attached hydrogen (secondary N) is 1.